The number of hydrogen-bond acceptors (Lipinski definition) is 3. The van der Waals surface area contributed by atoms with Crippen LogP contribution >= 0.6 is 15.9 Å². The normalized spacial score (nSPS) is 14.2. The van der Waals surface area contributed by atoms with Crippen molar-refractivity contribution < 1.29 is 9.52 Å². The molecule has 0 bridgehead atoms. The smallest absolute Gasteiger partial charge is 0.169 e. The number of anilines is 1. The molecule has 0 aliphatic rings. The summed E-state index contributed by atoms with van der Waals surface area (Å²) >= 11 is 3.27. The fourth-order valence-electron chi connectivity index (χ4n) is 1.83. The third-order valence-corrected chi connectivity index (χ3v) is 3.30. The van der Waals surface area contributed by atoms with E-state index in [9.17, 15) is 5.11 Å². The average molecular weight is 310 g/mol. The number of nitrogens with one attached hydrogen (secondary N) is 1. The van der Waals surface area contributed by atoms with Crippen LogP contribution in [0.4, 0.5) is 5.69 Å². The largest absolute Gasteiger partial charge is 0.452 e. The predicted octanol–water partition coefficient (Wildman–Crippen LogP) is 3.67. The van der Waals surface area contributed by atoms with E-state index in [1.807, 2.05) is 50.2 Å². The Morgan fingerprint density at radius 3 is 2.67 bits per heavy atom. The van der Waals surface area contributed by atoms with Crippen LogP contribution in [0.5, 0.6) is 0 Å². The molecule has 2 aromatic rings. The van der Waals surface area contributed by atoms with Gasteiger partial charge >= 0.3 is 0 Å². The number of rotatable bonds is 4. The van der Waals surface area contributed by atoms with Gasteiger partial charge in [-0.15, -0.1) is 0 Å². The molecule has 0 saturated carbocycles. The van der Waals surface area contributed by atoms with Crippen molar-refractivity contribution in [2.24, 2.45) is 0 Å². The van der Waals surface area contributed by atoms with E-state index in [1.54, 1.807) is 0 Å². The van der Waals surface area contributed by atoms with E-state index in [2.05, 4.69) is 21.2 Å². The highest BCUT2D eigenvalue weighted by atomic mass is 79.9. The lowest BCUT2D eigenvalue weighted by Crippen LogP contribution is -2.35. The zero-order valence-electron chi connectivity index (χ0n) is 10.4. The highest BCUT2D eigenvalue weighted by molar-refractivity contribution is 9.10. The van der Waals surface area contributed by atoms with Crippen molar-refractivity contribution >= 4 is 21.6 Å². The maximum Gasteiger partial charge on any atom is 0.169 e. The van der Waals surface area contributed by atoms with Gasteiger partial charge in [-0.3, -0.25) is 0 Å². The first-order valence-electron chi connectivity index (χ1n) is 5.75. The molecule has 18 heavy (non-hydrogen) atoms. The molecule has 1 aromatic carbocycles. The molecule has 4 heteroatoms. The summed E-state index contributed by atoms with van der Waals surface area (Å²) in [5.41, 5.74) is 1.49. The van der Waals surface area contributed by atoms with Crippen LogP contribution in [0.3, 0.4) is 0 Å². The van der Waals surface area contributed by atoms with Crippen LogP contribution in [0.25, 0.3) is 0 Å². The third-order valence-electron chi connectivity index (χ3n) is 2.87. The number of aliphatic hydroxyl groups excluding tert-OH is 1. The quantitative estimate of drug-likeness (QED) is 0.905. The van der Waals surface area contributed by atoms with E-state index in [4.69, 9.17) is 4.42 Å². The van der Waals surface area contributed by atoms with E-state index >= 15 is 0 Å². The minimum absolute atomic E-state index is 0.0547. The first-order valence-corrected chi connectivity index (χ1v) is 6.54. The molecular formula is C14H16BrNO2. The minimum atomic E-state index is -0.639. The average Bonchev–Trinajstić information content (AvgIpc) is 2.76. The summed E-state index contributed by atoms with van der Waals surface area (Å²) in [5.74, 6) is 0.693. The second kappa shape index (κ2) is 5.16. The van der Waals surface area contributed by atoms with Crippen molar-refractivity contribution in [2.75, 3.05) is 11.9 Å². The van der Waals surface area contributed by atoms with Gasteiger partial charge in [0.05, 0.1) is 6.61 Å². The van der Waals surface area contributed by atoms with E-state index in [1.165, 1.54) is 5.56 Å². The molecule has 0 radical (unpaired) electrons. The molecule has 1 atom stereocenters. The second-order valence-corrected chi connectivity index (χ2v) is 5.37. The Morgan fingerprint density at radius 2 is 2.11 bits per heavy atom. The van der Waals surface area contributed by atoms with Crippen LogP contribution in [0.15, 0.2) is 45.5 Å². The van der Waals surface area contributed by atoms with Crippen LogP contribution < -0.4 is 5.32 Å². The summed E-state index contributed by atoms with van der Waals surface area (Å²) in [6.45, 7) is 3.88. The van der Waals surface area contributed by atoms with E-state index < -0.39 is 5.54 Å². The first-order chi connectivity index (χ1) is 8.53. The lowest BCUT2D eigenvalue weighted by Gasteiger charge is -2.27. The maximum atomic E-state index is 9.64. The van der Waals surface area contributed by atoms with Gasteiger partial charge in [-0.05, 0) is 59.6 Å². The monoisotopic (exact) mass is 309 g/mol. The van der Waals surface area contributed by atoms with Gasteiger partial charge in [0.25, 0.3) is 0 Å². The molecule has 0 amide bonds. The molecule has 0 fully saturated rings. The lowest BCUT2D eigenvalue weighted by atomic mass is 9.99. The number of aliphatic hydroxyl groups is 1. The fourth-order valence-corrected chi connectivity index (χ4v) is 2.14. The molecule has 96 valence electrons. The minimum Gasteiger partial charge on any atom is -0.452 e. The lowest BCUT2D eigenvalue weighted by molar-refractivity contribution is 0.202. The van der Waals surface area contributed by atoms with E-state index in [0.29, 0.717) is 10.4 Å². The van der Waals surface area contributed by atoms with Gasteiger partial charge in [0.1, 0.15) is 11.3 Å². The highest BCUT2D eigenvalue weighted by Gasteiger charge is 2.29. The Labute approximate surface area is 115 Å². The van der Waals surface area contributed by atoms with Gasteiger partial charge in [0, 0.05) is 5.69 Å². The van der Waals surface area contributed by atoms with Gasteiger partial charge in [-0.2, -0.15) is 0 Å². The van der Waals surface area contributed by atoms with E-state index in [0.717, 1.165) is 5.69 Å². The molecule has 2 N–H and O–H groups in total. The highest BCUT2D eigenvalue weighted by Crippen LogP contribution is 2.29. The van der Waals surface area contributed by atoms with Crippen LogP contribution in [-0.4, -0.2) is 11.7 Å². The summed E-state index contributed by atoms with van der Waals surface area (Å²) < 4.78 is 6.19. The van der Waals surface area contributed by atoms with Gasteiger partial charge in [-0.1, -0.05) is 12.1 Å². The van der Waals surface area contributed by atoms with Gasteiger partial charge in [-0.25, -0.2) is 0 Å². The maximum absolute atomic E-state index is 9.64. The van der Waals surface area contributed by atoms with Crippen LogP contribution in [0, 0.1) is 6.92 Å². The summed E-state index contributed by atoms with van der Waals surface area (Å²) in [6, 6.07) is 11.7. The Bertz CT molecular complexity index is 538. The zero-order valence-corrected chi connectivity index (χ0v) is 12.0. The summed E-state index contributed by atoms with van der Waals surface area (Å²) in [5, 5.41) is 13.0. The molecule has 1 unspecified atom stereocenters. The van der Waals surface area contributed by atoms with Crippen molar-refractivity contribution in [3.63, 3.8) is 0 Å². The van der Waals surface area contributed by atoms with Gasteiger partial charge in [0.2, 0.25) is 0 Å². The topological polar surface area (TPSA) is 45.4 Å². The van der Waals surface area contributed by atoms with Crippen molar-refractivity contribution in [3.8, 4) is 0 Å². The second-order valence-electron chi connectivity index (χ2n) is 4.59. The summed E-state index contributed by atoms with van der Waals surface area (Å²) in [4.78, 5) is 0. The summed E-state index contributed by atoms with van der Waals surface area (Å²) in [7, 11) is 0. The van der Waals surface area contributed by atoms with Crippen molar-refractivity contribution in [3.05, 3.63) is 52.4 Å². The predicted molar refractivity (Wildman–Crippen MR) is 75.6 cm³/mol. The fraction of sp³-hybridized carbons (Fsp3) is 0.286. The number of benzene rings is 1. The van der Waals surface area contributed by atoms with E-state index in [-0.39, 0.29) is 6.61 Å². The number of aryl methyl sites for hydroxylation is 1. The molecule has 2 rings (SSSR count). The molecule has 0 saturated heterocycles. The molecule has 0 spiro atoms. The van der Waals surface area contributed by atoms with Crippen molar-refractivity contribution in [1.29, 1.82) is 0 Å². The standard InChI is InChI=1S/C14H16BrNO2/c1-10-4-3-5-11(8-10)16-14(2,9-17)12-6-7-13(15)18-12/h3-8,16-17H,9H2,1-2H3. The summed E-state index contributed by atoms with van der Waals surface area (Å²) in [6.07, 6.45) is 0. The Morgan fingerprint density at radius 1 is 1.33 bits per heavy atom. The number of hydrogen-bond donors (Lipinski definition) is 2. The van der Waals surface area contributed by atoms with Gasteiger partial charge < -0.3 is 14.8 Å². The molecular weight excluding hydrogens is 294 g/mol. The Kier molecular flexibility index (Phi) is 3.78. The third kappa shape index (κ3) is 2.76. The molecule has 3 nitrogen and oxygen atoms in total. The van der Waals surface area contributed by atoms with Crippen LogP contribution in [-0.2, 0) is 5.54 Å². The van der Waals surface area contributed by atoms with Crippen molar-refractivity contribution in [2.45, 2.75) is 19.4 Å². The molecule has 0 aliphatic heterocycles. The zero-order chi connectivity index (χ0) is 13.2. The van der Waals surface area contributed by atoms with Crippen molar-refractivity contribution in [1.82, 2.24) is 0 Å². The molecule has 1 aromatic heterocycles. The Balaban J connectivity index is 2.28. The van der Waals surface area contributed by atoms with Gasteiger partial charge in [0.15, 0.2) is 4.67 Å². The van der Waals surface area contributed by atoms with Crippen LogP contribution in [0.2, 0.25) is 0 Å². The number of furan rings is 1. The van der Waals surface area contributed by atoms with Crippen LogP contribution in [0.1, 0.15) is 18.2 Å². The Hall–Kier alpha value is -1.26. The first kappa shape index (κ1) is 13.2. The number of halogens is 1. The molecule has 1 heterocycles. The SMILES string of the molecule is Cc1cccc(NC(C)(CO)c2ccc(Br)o2)c1. The molecule has 0 aliphatic carbocycles.